The van der Waals surface area contributed by atoms with Crippen LogP contribution in [0.3, 0.4) is 0 Å². The van der Waals surface area contributed by atoms with Gasteiger partial charge in [-0.1, -0.05) is 0 Å². The third-order valence-corrected chi connectivity index (χ3v) is 3.58. The van der Waals surface area contributed by atoms with Gasteiger partial charge in [-0.15, -0.1) is 13.2 Å². The lowest BCUT2D eigenvalue weighted by molar-refractivity contribution is -0.274. The lowest BCUT2D eigenvalue weighted by atomic mass is 10.1. The van der Waals surface area contributed by atoms with Gasteiger partial charge in [0.05, 0.1) is 0 Å². The molecular formula is C15H19F3N2O3. The maximum atomic E-state index is 12.1. The van der Waals surface area contributed by atoms with Gasteiger partial charge in [0.2, 0.25) is 5.91 Å². The summed E-state index contributed by atoms with van der Waals surface area (Å²) >= 11 is 0. The van der Waals surface area contributed by atoms with Crippen LogP contribution in [0.1, 0.15) is 6.42 Å². The van der Waals surface area contributed by atoms with Crippen LogP contribution in [0.25, 0.3) is 0 Å². The van der Waals surface area contributed by atoms with Crippen molar-refractivity contribution in [2.75, 3.05) is 38.3 Å². The molecule has 2 rings (SSSR count). The molecule has 1 aliphatic rings. The maximum Gasteiger partial charge on any atom is 0.573 e. The van der Waals surface area contributed by atoms with Gasteiger partial charge >= 0.3 is 6.36 Å². The fraction of sp³-hybridized carbons (Fsp3) is 0.533. The van der Waals surface area contributed by atoms with Crippen LogP contribution in [0.15, 0.2) is 24.3 Å². The number of hydrogen-bond acceptors (Lipinski definition) is 4. The molecular weight excluding hydrogens is 313 g/mol. The first-order valence-electron chi connectivity index (χ1n) is 7.24. The number of amides is 1. The highest BCUT2D eigenvalue weighted by Crippen LogP contribution is 2.28. The van der Waals surface area contributed by atoms with Gasteiger partial charge in [-0.2, -0.15) is 0 Å². The zero-order valence-electron chi connectivity index (χ0n) is 12.7. The Kier molecular flexibility index (Phi) is 5.70. The van der Waals surface area contributed by atoms with Crippen LogP contribution < -0.4 is 15.0 Å². The minimum Gasteiger partial charge on any atom is -0.406 e. The summed E-state index contributed by atoms with van der Waals surface area (Å²) in [5.74, 6) is -0.0784. The van der Waals surface area contributed by atoms with Crippen molar-refractivity contribution in [1.29, 1.82) is 0 Å². The van der Waals surface area contributed by atoms with Crippen LogP contribution in [-0.4, -0.2) is 45.6 Å². The van der Waals surface area contributed by atoms with Gasteiger partial charge in [0.15, 0.2) is 0 Å². The number of rotatable bonds is 6. The number of anilines is 1. The topological polar surface area (TPSA) is 50.8 Å². The zero-order chi connectivity index (χ0) is 16.9. The third kappa shape index (κ3) is 5.63. The number of ether oxygens (including phenoxy) is 2. The first kappa shape index (κ1) is 17.4. The van der Waals surface area contributed by atoms with Gasteiger partial charge in [-0.25, -0.2) is 0 Å². The largest absolute Gasteiger partial charge is 0.573 e. The summed E-state index contributed by atoms with van der Waals surface area (Å²) in [5, 5.41) is 2.80. The number of benzene rings is 1. The van der Waals surface area contributed by atoms with E-state index in [0.717, 1.165) is 25.2 Å². The summed E-state index contributed by atoms with van der Waals surface area (Å²) in [4.78, 5) is 13.4. The summed E-state index contributed by atoms with van der Waals surface area (Å²) < 4.78 is 45.0. The SMILES string of the molecule is COCC(=O)NC[C@@H]1CCN(c2ccc(OC(F)(F)F)cc2)C1. The van der Waals surface area contributed by atoms with Crippen molar-refractivity contribution in [2.45, 2.75) is 12.8 Å². The van der Waals surface area contributed by atoms with E-state index in [9.17, 15) is 18.0 Å². The number of nitrogens with zero attached hydrogens (tertiary/aromatic N) is 1. The molecule has 8 heteroatoms. The first-order valence-corrected chi connectivity index (χ1v) is 7.24. The summed E-state index contributed by atoms with van der Waals surface area (Å²) in [6.07, 6.45) is -3.77. The molecule has 1 atom stereocenters. The van der Waals surface area contributed by atoms with E-state index in [1.165, 1.54) is 19.2 Å². The van der Waals surface area contributed by atoms with Crippen molar-refractivity contribution in [3.63, 3.8) is 0 Å². The monoisotopic (exact) mass is 332 g/mol. The standard InChI is InChI=1S/C15H19F3N2O3/c1-22-10-14(21)19-8-11-6-7-20(9-11)12-2-4-13(5-3-12)23-15(16,17)18/h2-5,11H,6-10H2,1H3,(H,19,21)/t11-/m0/s1. The van der Waals surface area contributed by atoms with Crippen LogP contribution >= 0.6 is 0 Å². The number of carbonyl (C=O) groups excluding carboxylic acids is 1. The second kappa shape index (κ2) is 7.54. The second-order valence-electron chi connectivity index (χ2n) is 5.38. The quantitative estimate of drug-likeness (QED) is 0.867. The van der Waals surface area contributed by atoms with Crippen LogP contribution in [0.5, 0.6) is 5.75 Å². The Bertz CT molecular complexity index is 520. The average molecular weight is 332 g/mol. The Morgan fingerprint density at radius 2 is 2.04 bits per heavy atom. The number of alkyl halides is 3. The highest BCUT2D eigenvalue weighted by Gasteiger charge is 2.31. The minimum atomic E-state index is -4.68. The highest BCUT2D eigenvalue weighted by atomic mass is 19.4. The Balaban J connectivity index is 1.83. The Hall–Kier alpha value is -1.96. The molecule has 0 aliphatic carbocycles. The van der Waals surface area contributed by atoms with E-state index in [1.54, 1.807) is 12.1 Å². The molecule has 0 unspecified atom stereocenters. The normalized spacial score (nSPS) is 18.1. The number of carbonyl (C=O) groups is 1. The number of methoxy groups -OCH3 is 1. The molecule has 1 N–H and O–H groups in total. The van der Waals surface area contributed by atoms with E-state index in [1.807, 2.05) is 0 Å². The minimum absolute atomic E-state index is 0.0388. The van der Waals surface area contributed by atoms with Gasteiger partial charge in [-0.3, -0.25) is 4.79 Å². The molecule has 23 heavy (non-hydrogen) atoms. The molecule has 128 valence electrons. The van der Waals surface area contributed by atoms with E-state index in [2.05, 4.69) is 15.0 Å². The molecule has 1 fully saturated rings. The molecule has 0 radical (unpaired) electrons. The zero-order valence-corrected chi connectivity index (χ0v) is 12.7. The predicted molar refractivity (Wildman–Crippen MR) is 78.3 cm³/mol. The molecule has 0 spiro atoms. The van der Waals surface area contributed by atoms with Crippen LogP contribution in [-0.2, 0) is 9.53 Å². The lowest BCUT2D eigenvalue weighted by Gasteiger charge is -2.19. The van der Waals surface area contributed by atoms with Crippen LogP contribution in [0, 0.1) is 5.92 Å². The summed E-state index contributed by atoms with van der Waals surface area (Å²) in [6, 6.07) is 5.81. The fourth-order valence-electron chi connectivity index (χ4n) is 2.53. The Labute approximate surface area is 132 Å². The molecule has 0 bridgehead atoms. The molecule has 1 saturated heterocycles. The van der Waals surface area contributed by atoms with E-state index in [0.29, 0.717) is 12.5 Å². The molecule has 5 nitrogen and oxygen atoms in total. The van der Waals surface area contributed by atoms with Gasteiger partial charge in [0, 0.05) is 32.4 Å². The van der Waals surface area contributed by atoms with Crippen molar-refractivity contribution in [1.82, 2.24) is 5.32 Å². The Morgan fingerprint density at radius 3 is 2.65 bits per heavy atom. The fourth-order valence-corrected chi connectivity index (χ4v) is 2.53. The van der Waals surface area contributed by atoms with Gasteiger partial charge in [-0.05, 0) is 36.6 Å². The molecule has 1 aromatic carbocycles. The van der Waals surface area contributed by atoms with Crippen molar-refractivity contribution in [3.05, 3.63) is 24.3 Å². The summed E-state index contributed by atoms with van der Waals surface area (Å²) in [6.45, 7) is 2.14. The molecule has 1 amide bonds. The maximum absolute atomic E-state index is 12.1. The van der Waals surface area contributed by atoms with E-state index >= 15 is 0 Å². The number of nitrogens with one attached hydrogen (secondary N) is 1. The molecule has 1 aliphatic heterocycles. The Morgan fingerprint density at radius 1 is 1.35 bits per heavy atom. The second-order valence-corrected chi connectivity index (χ2v) is 5.38. The lowest BCUT2D eigenvalue weighted by Crippen LogP contribution is -2.33. The van der Waals surface area contributed by atoms with Gasteiger partial charge < -0.3 is 19.7 Å². The summed E-state index contributed by atoms with van der Waals surface area (Å²) in [5.41, 5.74) is 0.838. The van der Waals surface area contributed by atoms with E-state index in [4.69, 9.17) is 4.74 Å². The summed E-state index contributed by atoms with van der Waals surface area (Å²) in [7, 11) is 1.46. The van der Waals surface area contributed by atoms with Crippen molar-refractivity contribution < 1.29 is 27.4 Å². The molecule has 1 heterocycles. The molecule has 0 aromatic heterocycles. The number of hydrogen-bond donors (Lipinski definition) is 1. The van der Waals surface area contributed by atoms with Crippen molar-refractivity contribution >= 4 is 11.6 Å². The van der Waals surface area contributed by atoms with Crippen molar-refractivity contribution in [3.8, 4) is 5.75 Å². The van der Waals surface area contributed by atoms with Gasteiger partial charge in [0.25, 0.3) is 0 Å². The predicted octanol–water partition coefficient (Wildman–Crippen LogP) is 2.17. The van der Waals surface area contributed by atoms with Gasteiger partial charge in [0.1, 0.15) is 12.4 Å². The smallest absolute Gasteiger partial charge is 0.406 e. The van der Waals surface area contributed by atoms with E-state index < -0.39 is 6.36 Å². The van der Waals surface area contributed by atoms with E-state index in [-0.39, 0.29) is 18.3 Å². The highest BCUT2D eigenvalue weighted by molar-refractivity contribution is 5.77. The average Bonchev–Trinajstić information content (AvgIpc) is 2.93. The molecule has 0 saturated carbocycles. The molecule has 1 aromatic rings. The number of halogens is 3. The van der Waals surface area contributed by atoms with Crippen molar-refractivity contribution in [2.24, 2.45) is 5.92 Å². The third-order valence-electron chi connectivity index (χ3n) is 3.58. The van der Waals surface area contributed by atoms with Crippen LogP contribution in [0.2, 0.25) is 0 Å². The first-order chi connectivity index (χ1) is 10.9. The van der Waals surface area contributed by atoms with Crippen LogP contribution in [0.4, 0.5) is 18.9 Å².